The van der Waals surface area contributed by atoms with Crippen LogP contribution in [0, 0.1) is 5.82 Å². The van der Waals surface area contributed by atoms with Crippen LogP contribution in [0.1, 0.15) is 10.5 Å². The second kappa shape index (κ2) is 3.15. The maximum atomic E-state index is 13.2. The van der Waals surface area contributed by atoms with Gasteiger partial charge in [0.2, 0.25) is 0 Å². The van der Waals surface area contributed by atoms with Crippen molar-refractivity contribution in [1.29, 1.82) is 0 Å². The van der Waals surface area contributed by atoms with E-state index in [1.165, 1.54) is 12.1 Å². The zero-order chi connectivity index (χ0) is 11.3. The highest BCUT2D eigenvalue weighted by Crippen LogP contribution is 2.35. The van der Waals surface area contributed by atoms with Crippen LogP contribution in [0.4, 0.5) is 4.39 Å². The van der Waals surface area contributed by atoms with Gasteiger partial charge in [0.25, 0.3) is 0 Å². The molecule has 0 aliphatic carbocycles. The number of rotatable bonds is 1. The first kappa shape index (κ1) is 9.54. The highest BCUT2D eigenvalue weighted by Gasteiger charge is 2.12. The normalized spacial score (nSPS) is 11.4. The average molecular weight is 233 g/mol. The molecule has 2 heterocycles. The van der Waals surface area contributed by atoms with Gasteiger partial charge in [0.05, 0.1) is 15.9 Å². The first-order valence-electron chi connectivity index (χ1n) is 4.83. The number of fused-ring (bicyclic) bond motifs is 3. The Morgan fingerprint density at radius 1 is 1.31 bits per heavy atom. The molecule has 4 heteroatoms. The molecule has 16 heavy (non-hydrogen) atoms. The predicted molar refractivity (Wildman–Crippen MR) is 63.6 cm³/mol. The fourth-order valence-corrected chi connectivity index (χ4v) is 3.15. The highest BCUT2D eigenvalue weighted by atomic mass is 32.1. The van der Waals surface area contributed by atoms with Crippen LogP contribution in [0.15, 0.2) is 24.3 Å². The Hall–Kier alpha value is -1.68. The number of aldehydes is 1. The average Bonchev–Trinajstić information content (AvgIpc) is 2.76. The summed E-state index contributed by atoms with van der Waals surface area (Å²) in [7, 11) is 1.82. The van der Waals surface area contributed by atoms with Gasteiger partial charge in [0.1, 0.15) is 5.82 Å². The number of nitrogens with zero attached hydrogens (tertiary/aromatic N) is 1. The van der Waals surface area contributed by atoms with E-state index in [1.54, 1.807) is 22.0 Å². The van der Waals surface area contributed by atoms with Crippen LogP contribution in [0.2, 0.25) is 0 Å². The number of carbonyl (C=O) groups excluding carboxylic acids is 1. The van der Waals surface area contributed by atoms with E-state index in [-0.39, 0.29) is 5.82 Å². The molecular formula is C12H8FNOS. The van der Waals surface area contributed by atoms with Crippen molar-refractivity contribution < 1.29 is 9.18 Å². The number of aromatic nitrogens is 1. The number of hydrogen-bond acceptors (Lipinski definition) is 2. The number of thiophene rings is 1. The first-order valence-corrected chi connectivity index (χ1v) is 5.65. The summed E-state index contributed by atoms with van der Waals surface area (Å²) in [6.07, 6.45) is 0.817. The number of aryl methyl sites for hydroxylation is 1. The van der Waals surface area contributed by atoms with Gasteiger partial charge in [-0.15, -0.1) is 11.3 Å². The van der Waals surface area contributed by atoms with Gasteiger partial charge in [-0.2, -0.15) is 0 Å². The topological polar surface area (TPSA) is 22.0 Å². The highest BCUT2D eigenvalue weighted by molar-refractivity contribution is 7.25. The van der Waals surface area contributed by atoms with Crippen molar-refractivity contribution in [2.45, 2.75) is 0 Å². The van der Waals surface area contributed by atoms with Crippen molar-refractivity contribution in [3.8, 4) is 0 Å². The largest absolute Gasteiger partial charge is 0.340 e. The van der Waals surface area contributed by atoms with Crippen molar-refractivity contribution in [2.24, 2.45) is 7.05 Å². The Labute approximate surface area is 94.9 Å². The van der Waals surface area contributed by atoms with Gasteiger partial charge < -0.3 is 4.57 Å². The molecule has 0 N–H and O–H groups in total. The van der Waals surface area contributed by atoms with E-state index in [9.17, 15) is 9.18 Å². The van der Waals surface area contributed by atoms with Gasteiger partial charge in [-0.05, 0) is 24.3 Å². The lowest BCUT2D eigenvalue weighted by atomic mass is 10.2. The van der Waals surface area contributed by atoms with Gasteiger partial charge >= 0.3 is 0 Å². The summed E-state index contributed by atoms with van der Waals surface area (Å²) in [5.74, 6) is -0.249. The van der Waals surface area contributed by atoms with Crippen molar-refractivity contribution in [3.63, 3.8) is 0 Å². The second-order valence-corrected chi connectivity index (χ2v) is 4.79. The molecule has 0 atom stereocenters. The van der Waals surface area contributed by atoms with Crippen LogP contribution in [-0.2, 0) is 7.05 Å². The Morgan fingerprint density at radius 3 is 2.88 bits per heavy atom. The van der Waals surface area contributed by atoms with E-state index in [1.807, 2.05) is 13.1 Å². The summed E-state index contributed by atoms with van der Waals surface area (Å²) in [5, 5.41) is 0.871. The number of hydrogen-bond donors (Lipinski definition) is 0. The molecule has 3 rings (SSSR count). The van der Waals surface area contributed by atoms with E-state index in [0.29, 0.717) is 5.69 Å². The van der Waals surface area contributed by atoms with Crippen molar-refractivity contribution in [1.82, 2.24) is 4.57 Å². The minimum absolute atomic E-state index is 0.249. The van der Waals surface area contributed by atoms with E-state index in [2.05, 4.69) is 0 Å². The van der Waals surface area contributed by atoms with Gasteiger partial charge in [0, 0.05) is 17.1 Å². The molecule has 2 aromatic heterocycles. The summed E-state index contributed by atoms with van der Waals surface area (Å²) in [6.45, 7) is 0. The lowest BCUT2D eigenvalue weighted by molar-refractivity contribution is 0.111. The molecule has 0 aliphatic rings. The Morgan fingerprint density at radius 2 is 2.12 bits per heavy atom. The molecule has 0 fully saturated rings. The molecule has 1 aromatic carbocycles. The van der Waals surface area contributed by atoms with Gasteiger partial charge in [-0.25, -0.2) is 4.39 Å². The lowest BCUT2D eigenvalue weighted by Gasteiger charge is -1.97. The monoisotopic (exact) mass is 233 g/mol. The van der Waals surface area contributed by atoms with Crippen LogP contribution in [0.5, 0.6) is 0 Å². The van der Waals surface area contributed by atoms with Crippen LogP contribution >= 0.6 is 11.3 Å². The number of halogens is 1. The zero-order valence-electron chi connectivity index (χ0n) is 8.53. The second-order valence-electron chi connectivity index (χ2n) is 3.70. The maximum absolute atomic E-state index is 13.2. The van der Waals surface area contributed by atoms with Crippen LogP contribution in [-0.4, -0.2) is 10.9 Å². The summed E-state index contributed by atoms with van der Waals surface area (Å²) in [4.78, 5) is 10.8. The SMILES string of the molecule is Cn1c(C=O)cc2sc3ccc(F)cc3c21. The minimum atomic E-state index is -0.249. The lowest BCUT2D eigenvalue weighted by Crippen LogP contribution is -1.93. The summed E-state index contributed by atoms with van der Waals surface area (Å²) in [6, 6.07) is 6.59. The standard InChI is InChI=1S/C12H8FNOS/c1-14-8(6-15)5-11-12(14)9-4-7(13)2-3-10(9)16-11/h2-6H,1H3. The van der Waals surface area contributed by atoms with Crippen LogP contribution in [0.3, 0.4) is 0 Å². The third-order valence-corrected chi connectivity index (χ3v) is 3.88. The molecule has 0 radical (unpaired) electrons. The summed E-state index contributed by atoms with van der Waals surface area (Å²) < 4.78 is 17.1. The smallest absolute Gasteiger partial charge is 0.166 e. The zero-order valence-corrected chi connectivity index (χ0v) is 9.34. The fraction of sp³-hybridized carbons (Fsp3) is 0.0833. The molecule has 0 saturated carbocycles. The van der Waals surface area contributed by atoms with Crippen LogP contribution in [0.25, 0.3) is 20.3 Å². The van der Waals surface area contributed by atoms with E-state index >= 15 is 0 Å². The van der Waals surface area contributed by atoms with Crippen LogP contribution < -0.4 is 0 Å². The van der Waals surface area contributed by atoms with Crippen molar-refractivity contribution in [2.75, 3.05) is 0 Å². The van der Waals surface area contributed by atoms with Crippen molar-refractivity contribution >= 4 is 37.9 Å². The Balaban J connectivity index is 2.53. The molecule has 0 unspecified atom stereocenters. The molecule has 80 valence electrons. The molecule has 0 bridgehead atoms. The minimum Gasteiger partial charge on any atom is -0.340 e. The molecule has 3 aromatic rings. The molecule has 0 saturated heterocycles. The third kappa shape index (κ3) is 1.13. The maximum Gasteiger partial charge on any atom is 0.166 e. The summed E-state index contributed by atoms with van der Waals surface area (Å²) >= 11 is 1.57. The first-order chi connectivity index (χ1) is 7.70. The van der Waals surface area contributed by atoms with Crippen molar-refractivity contribution in [3.05, 3.63) is 35.8 Å². The number of benzene rings is 1. The van der Waals surface area contributed by atoms with E-state index in [0.717, 1.165) is 26.6 Å². The van der Waals surface area contributed by atoms with Gasteiger partial charge in [-0.1, -0.05) is 0 Å². The predicted octanol–water partition coefficient (Wildman–Crippen LogP) is 3.34. The molecular weight excluding hydrogens is 225 g/mol. The quantitative estimate of drug-likeness (QED) is 0.591. The Bertz CT molecular complexity index is 711. The van der Waals surface area contributed by atoms with E-state index < -0.39 is 0 Å². The molecule has 0 aliphatic heterocycles. The fourth-order valence-electron chi connectivity index (χ4n) is 1.99. The molecule has 2 nitrogen and oxygen atoms in total. The molecule has 0 spiro atoms. The molecule has 0 amide bonds. The number of carbonyl (C=O) groups is 1. The van der Waals surface area contributed by atoms with Gasteiger partial charge in [0.15, 0.2) is 6.29 Å². The third-order valence-electron chi connectivity index (χ3n) is 2.77. The summed E-state index contributed by atoms with van der Waals surface area (Å²) in [5.41, 5.74) is 1.55. The van der Waals surface area contributed by atoms with Gasteiger partial charge in [-0.3, -0.25) is 4.79 Å². The van der Waals surface area contributed by atoms with E-state index in [4.69, 9.17) is 0 Å². The Kier molecular flexibility index (Phi) is 1.88.